The Morgan fingerprint density at radius 2 is 1.96 bits per heavy atom. The molecule has 0 unspecified atom stereocenters. The summed E-state index contributed by atoms with van der Waals surface area (Å²) in [5.74, 6) is 0.0292. The molecule has 2 aromatic rings. The number of anilines is 1. The molecular formula is C18H20ClN3O3S. The molecule has 0 saturated carbocycles. The number of carboxylic acids is 1. The first kappa shape index (κ1) is 20.1. The highest BCUT2D eigenvalue weighted by Gasteiger charge is 2.23. The van der Waals surface area contributed by atoms with E-state index >= 15 is 0 Å². The fourth-order valence-corrected chi connectivity index (χ4v) is 3.20. The third kappa shape index (κ3) is 5.37. The second-order valence-electron chi connectivity index (χ2n) is 5.74. The van der Waals surface area contributed by atoms with Crippen molar-refractivity contribution < 1.29 is 14.6 Å². The fraction of sp³-hybridized carbons (Fsp3) is 0.278. The van der Waals surface area contributed by atoms with Gasteiger partial charge in [0.05, 0.1) is 7.11 Å². The number of hydrogen-bond acceptors (Lipinski definition) is 6. The van der Waals surface area contributed by atoms with Gasteiger partial charge in [-0.15, -0.1) is 0 Å². The monoisotopic (exact) mass is 393 g/mol. The van der Waals surface area contributed by atoms with E-state index in [2.05, 4.69) is 9.97 Å². The van der Waals surface area contributed by atoms with Gasteiger partial charge in [0, 0.05) is 18.0 Å². The number of aromatic nitrogens is 2. The first-order valence-corrected chi connectivity index (χ1v) is 8.96. The van der Waals surface area contributed by atoms with E-state index in [1.807, 2.05) is 38.1 Å². The lowest BCUT2D eigenvalue weighted by Crippen LogP contribution is -2.38. The molecule has 0 aliphatic carbocycles. The summed E-state index contributed by atoms with van der Waals surface area (Å²) in [5.41, 5.74) is 0.888. The van der Waals surface area contributed by atoms with Crippen molar-refractivity contribution in [1.29, 1.82) is 0 Å². The Morgan fingerprint density at radius 3 is 2.50 bits per heavy atom. The quantitative estimate of drug-likeness (QED) is 0.559. The zero-order valence-corrected chi connectivity index (χ0v) is 16.5. The topological polar surface area (TPSA) is 75.5 Å². The molecule has 1 aromatic carbocycles. The van der Waals surface area contributed by atoms with E-state index in [1.54, 1.807) is 26.3 Å². The van der Waals surface area contributed by atoms with Gasteiger partial charge in [0.1, 0.15) is 22.0 Å². The molecule has 1 atom stereocenters. The molecule has 26 heavy (non-hydrogen) atoms. The van der Waals surface area contributed by atoms with Crippen LogP contribution in [0.5, 0.6) is 5.75 Å². The number of aliphatic carboxylic acids is 1. The highest BCUT2D eigenvalue weighted by Crippen LogP contribution is 2.30. The van der Waals surface area contributed by atoms with Crippen LogP contribution in [0.4, 0.5) is 5.95 Å². The lowest BCUT2D eigenvalue weighted by Gasteiger charge is -2.23. The zero-order chi connectivity index (χ0) is 19.3. The molecule has 0 bridgehead atoms. The number of halogens is 1. The summed E-state index contributed by atoms with van der Waals surface area (Å²) in [6.45, 7) is 3.68. The molecule has 0 spiro atoms. The summed E-state index contributed by atoms with van der Waals surface area (Å²) in [6, 6.07) is 8.29. The smallest absolute Gasteiger partial charge is 0.330 e. The van der Waals surface area contributed by atoms with Gasteiger partial charge in [0.2, 0.25) is 5.95 Å². The van der Waals surface area contributed by atoms with Gasteiger partial charge < -0.3 is 14.7 Å². The second kappa shape index (κ2) is 8.91. The highest BCUT2D eigenvalue weighted by atomic mass is 35.5. The minimum Gasteiger partial charge on any atom is -0.497 e. The molecule has 0 radical (unpaired) electrons. The van der Waals surface area contributed by atoms with Gasteiger partial charge in [0.25, 0.3) is 0 Å². The molecule has 6 nitrogen and oxygen atoms in total. The summed E-state index contributed by atoms with van der Waals surface area (Å²) in [5, 5.41) is 10.4. The molecule has 1 heterocycles. The van der Waals surface area contributed by atoms with Crippen molar-refractivity contribution in [3.63, 3.8) is 0 Å². The van der Waals surface area contributed by atoms with E-state index < -0.39 is 12.0 Å². The fourth-order valence-electron chi connectivity index (χ4n) is 2.15. The first-order chi connectivity index (χ1) is 12.3. The van der Waals surface area contributed by atoms with Crippen molar-refractivity contribution in [2.45, 2.75) is 29.8 Å². The summed E-state index contributed by atoms with van der Waals surface area (Å²) >= 11 is 7.53. The number of allylic oxidation sites excluding steroid dienone is 1. The summed E-state index contributed by atoms with van der Waals surface area (Å²) in [6.07, 6.45) is 1.64. The number of ether oxygens (including phenoxy) is 1. The Morgan fingerprint density at radius 1 is 1.31 bits per heavy atom. The van der Waals surface area contributed by atoms with E-state index in [4.69, 9.17) is 16.3 Å². The third-order valence-corrected chi connectivity index (χ3v) is 4.54. The molecule has 0 saturated heterocycles. The maximum Gasteiger partial charge on any atom is 0.330 e. The molecule has 1 N–H and O–H groups in total. The Labute approximate surface area is 161 Å². The Balaban J connectivity index is 2.30. The first-order valence-electron chi connectivity index (χ1n) is 7.77. The van der Waals surface area contributed by atoms with Crippen molar-refractivity contribution in [2.75, 3.05) is 19.1 Å². The number of carbonyl (C=O) groups is 1. The normalized spacial score (nSPS) is 11.6. The molecule has 0 aliphatic heterocycles. The minimum absolute atomic E-state index is 0.249. The van der Waals surface area contributed by atoms with Crippen LogP contribution in [0.2, 0.25) is 5.15 Å². The van der Waals surface area contributed by atoms with Crippen LogP contribution in [0, 0.1) is 0 Å². The number of benzene rings is 1. The van der Waals surface area contributed by atoms with Crippen molar-refractivity contribution >= 4 is 35.3 Å². The Hall–Kier alpha value is -2.25. The molecule has 0 aliphatic rings. The van der Waals surface area contributed by atoms with Crippen LogP contribution < -0.4 is 9.64 Å². The summed E-state index contributed by atoms with van der Waals surface area (Å²) in [7, 11) is 3.24. The standard InChI is InChI=1S/C18H20ClN3O3S/c1-11(2)9-14(17(23)24)22(3)18-20-15(19)10-16(21-18)26-13-7-5-12(25-4)6-8-13/h5-10,14H,1-4H3,(H,23,24)/t14-/m0/s1. The van der Waals surface area contributed by atoms with E-state index in [0.717, 1.165) is 16.2 Å². The lowest BCUT2D eigenvalue weighted by atomic mass is 10.2. The summed E-state index contributed by atoms with van der Waals surface area (Å²) < 4.78 is 5.15. The predicted octanol–water partition coefficient (Wildman–Crippen LogP) is 4.15. The number of carboxylic acid groups (broad SMARTS) is 1. The van der Waals surface area contributed by atoms with Crippen molar-refractivity contribution in [1.82, 2.24) is 9.97 Å². The van der Waals surface area contributed by atoms with Gasteiger partial charge in [-0.3, -0.25) is 0 Å². The molecule has 1 aromatic heterocycles. The number of rotatable bonds is 7. The van der Waals surface area contributed by atoms with Crippen LogP contribution >= 0.6 is 23.4 Å². The van der Waals surface area contributed by atoms with E-state index in [-0.39, 0.29) is 11.1 Å². The van der Waals surface area contributed by atoms with Gasteiger partial charge in [-0.25, -0.2) is 14.8 Å². The van der Waals surface area contributed by atoms with Gasteiger partial charge in [-0.1, -0.05) is 35.0 Å². The summed E-state index contributed by atoms with van der Waals surface area (Å²) in [4.78, 5) is 22.6. The van der Waals surface area contributed by atoms with Gasteiger partial charge in [0.15, 0.2) is 0 Å². The SMILES string of the molecule is COc1ccc(Sc2cc(Cl)nc(N(C)[C@@H](C=C(C)C)C(=O)O)n2)cc1. The minimum atomic E-state index is -0.985. The molecule has 138 valence electrons. The molecule has 8 heteroatoms. The number of hydrogen-bond donors (Lipinski definition) is 1. The van der Waals surface area contributed by atoms with Gasteiger partial charge in [-0.2, -0.15) is 0 Å². The third-order valence-electron chi connectivity index (χ3n) is 3.42. The average molecular weight is 394 g/mol. The number of likely N-dealkylation sites (N-methyl/N-ethyl adjacent to an activating group) is 1. The average Bonchev–Trinajstić information content (AvgIpc) is 2.59. The van der Waals surface area contributed by atoms with Crippen molar-refractivity contribution in [2.24, 2.45) is 0 Å². The van der Waals surface area contributed by atoms with Crippen LogP contribution in [0.25, 0.3) is 0 Å². The zero-order valence-electron chi connectivity index (χ0n) is 14.9. The van der Waals surface area contributed by atoms with E-state index in [9.17, 15) is 9.90 Å². The maximum atomic E-state index is 11.6. The van der Waals surface area contributed by atoms with Crippen LogP contribution in [0.3, 0.4) is 0 Å². The molecule has 0 fully saturated rings. The second-order valence-corrected chi connectivity index (χ2v) is 7.23. The Bertz CT molecular complexity index is 808. The molecule has 2 rings (SSSR count). The number of nitrogens with zero attached hydrogens (tertiary/aromatic N) is 3. The number of methoxy groups -OCH3 is 1. The largest absolute Gasteiger partial charge is 0.497 e. The lowest BCUT2D eigenvalue weighted by molar-refractivity contribution is -0.137. The highest BCUT2D eigenvalue weighted by molar-refractivity contribution is 7.99. The van der Waals surface area contributed by atoms with Crippen LogP contribution in [-0.2, 0) is 4.79 Å². The predicted molar refractivity (Wildman–Crippen MR) is 103 cm³/mol. The van der Waals surface area contributed by atoms with Gasteiger partial charge >= 0.3 is 5.97 Å². The van der Waals surface area contributed by atoms with Crippen LogP contribution in [0.1, 0.15) is 13.8 Å². The Kier molecular flexibility index (Phi) is 6.88. The van der Waals surface area contributed by atoms with Crippen LogP contribution in [0.15, 0.2) is 51.9 Å². The maximum absolute atomic E-state index is 11.6. The van der Waals surface area contributed by atoms with E-state index in [0.29, 0.717) is 5.03 Å². The molecule has 0 amide bonds. The van der Waals surface area contributed by atoms with E-state index in [1.165, 1.54) is 16.7 Å². The van der Waals surface area contributed by atoms with Crippen molar-refractivity contribution in [3.05, 3.63) is 47.1 Å². The van der Waals surface area contributed by atoms with Crippen LogP contribution in [-0.4, -0.2) is 41.2 Å². The molecular weight excluding hydrogens is 374 g/mol. The van der Waals surface area contributed by atoms with Gasteiger partial charge in [-0.05, 0) is 38.1 Å². The van der Waals surface area contributed by atoms with Crippen molar-refractivity contribution in [3.8, 4) is 5.75 Å².